The maximum atomic E-state index is 11.5. The van der Waals surface area contributed by atoms with Gasteiger partial charge in [-0.2, -0.15) is 0 Å². The molecule has 1 aromatic carbocycles. The van der Waals surface area contributed by atoms with Crippen LogP contribution < -0.4 is 5.32 Å². The van der Waals surface area contributed by atoms with Gasteiger partial charge in [-0.1, -0.05) is 30.3 Å². The lowest BCUT2D eigenvalue weighted by Gasteiger charge is -2.23. The summed E-state index contributed by atoms with van der Waals surface area (Å²) in [7, 11) is -2.78. The Morgan fingerprint density at radius 1 is 1.22 bits per heavy atom. The van der Waals surface area contributed by atoms with Crippen LogP contribution in [0.3, 0.4) is 0 Å². The molecule has 18 heavy (non-hydrogen) atoms. The third-order valence-electron chi connectivity index (χ3n) is 3.38. The number of nitrogens with one attached hydrogen (secondary N) is 1. The van der Waals surface area contributed by atoms with E-state index in [9.17, 15) is 8.42 Å². The van der Waals surface area contributed by atoms with Crippen molar-refractivity contribution in [2.45, 2.75) is 31.7 Å². The molecule has 0 amide bonds. The maximum Gasteiger partial charge on any atom is 0.151 e. The standard InChI is InChI=1S/C14H21NO2S/c16-18(17)11-5-9-14(12-18)15-10-4-8-13-6-2-1-3-7-13/h1-3,6-7,14-15H,4-5,8-12H2. The number of benzene rings is 1. The summed E-state index contributed by atoms with van der Waals surface area (Å²) >= 11 is 0. The van der Waals surface area contributed by atoms with Crippen molar-refractivity contribution in [3.8, 4) is 0 Å². The van der Waals surface area contributed by atoms with Crippen LogP contribution in [-0.4, -0.2) is 32.5 Å². The van der Waals surface area contributed by atoms with E-state index in [1.807, 2.05) is 6.07 Å². The molecule has 0 spiro atoms. The fourth-order valence-corrected chi connectivity index (χ4v) is 4.10. The van der Waals surface area contributed by atoms with Crippen molar-refractivity contribution in [1.29, 1.82) is 0 Å². The van der Waals surface area contributed by atoms with Crippen LogP contribution in [0.4, 0.5) is 0 Å². The van der Waals surface area contributed by atoms with Gasteiger partial charge in [-0.25, -0.2) is 8.42 Å². The monoisotopic (exact) mass is 267 g/mol. The Labute approximate surface area is 110 Å². The Hall–Kier alpha value is -0.870. The summed E-state index contributed by atoms with van der Waals surface area (Å²) < 4.78 is 23.0. The first-order valence-corrected chi connectivity index (χ1v) is 8.46. The fourth-order valence-electron chi connectivity index (χ4n) is 2.43. The normalized spacial score (nSPS) is 22.8. The van der Waals surface area contributed by atoms with Gasteiger partial charge in [-0.05, 0) is 37.8 Å². The van der Waals surface area contributed by atoms with E-state index >= 15 is 0 Å². The van der Waals surface area contributed by atoms with Gasteiger partial charge in [0.05, 0.1) is 11.5 Å². The van der Waals surface area contributed by atoms with Gasteiger partial charge in [-0.15, -0.1) is 0 Å². The Balaban J connectivity index is 1.67. The lowest BCUT2D eigenvalue weighted by Crippen LogP contribution is -2.40. The Morgan fingerprint density at radius 2 is 2.00 bits per heavy atom. The molecule has 1 N–H and O–H groups in total. The van der Waals surface area contributed by atoms with Crippen LogP contribution in [0.2, 0.25) is 0 Å². The first-order chi connectivity index (χ1) is 8.66. The van der Waals surface area contributed by atoms with Crippen molar-refractivity contribution in [2.24, 2.45) is 0 Å². The van der Waals surface area contributed by atoms with Gasteiger partial charge in [0, 0.05) is 6.04 Å². The molecule has 1 aliphatic heterocycles. The van der Waals surface area contributed by atoms with Gasteiger partial charge in [0.25, 0.3) is 0 Å². The largest absolute Gasteiger partial charge is 0.313 e. The molecule has 1 heterocycles. The molecule has 1 fully saturated rings. The highest BCUT2D eigenvalue weighted by Crippen LogP contribution is 2.12. The van der Waals surface area contributed by atoms with Crippen molar-refractivity contribution in [1.82, 2.24) is 5.32 Å². The van der Waals surface area contributed by atoms with E-state index in [-0.39, 0.29) is 6.04 Å². The minimum atomic E-state index is -2.78. The van der Waals surface area contributed by atoms with Crippen molar-refractivity contribution in [3.63, 3.8) is 0 Å². The minimum absolute atomic E-state index is 0.166. The average Bonchev–Trinajstić information content (AvgIpc) is 2.35. The lowest BCUT2D eigenvalue weighted by atomic mass is 10.1. The summed E-state index contributed by atoms with van der Waals surface area (Å²) in [6.45, 7) is 0.898. The molecule has 0 aliphatic carbocycles. The molecular weight excluding hydrogens is 246 g/mol. The number of hydrogen-bond donors (Lipinski definition) is 1. The van der Waals surface area contributed by atoms with Crippen LogP contribution in [0, 0.1) is 0 Å². The Morgan fingerprint density at radius 3 is 2.72 bits per heavy atom. The third kappa shape index (κ3) is 4.42. The first-order valence-electron chi connectivity index (χ1n) is 6.63. The van der Waals surface area contributed by atoms with Gasteiger partial charge < -0.3 is 5.32 Å². The molecule has 3 nitrogen and oxygen atoms in total. The third-order valence-corrected chi connectivity index (χ3v) is 5.20. The molecule has 1 aliphatic rings. The van der Waals surface area contributed by atoms with Crippen molar-refractivity contribution in [2.75, 3.05) is 18.1 Å². The molecule has 1 unspecified atom stereocenters. The highest BCUT2D eigenvalue weighted by Gasteiger charge is 2.23. The lowest BCUT2D eigenvalue weighted by molar-refractivity contribution is 0.476. The Bertz CT molecular complexity index is 456. The second-order valence-corrected chi connectivity index (χ2v) is 7.23. The molecule has 0 bridgehead atoms. The molecule has 2 rings (SSSR count). The van der Waals surface area contributed by atoms with Gasteiger partial charge in [0.1, 0.15) is 0 Å². The summed E-state index contributed by atoms with van der Waals surface area (Å²) in [5, 5.41) is 3.37. The van der Waals surface area contributed by atoms with Crippen molar-refractivity contribution < 1.29 is 8.42 Å². The predicted octanol–water partition coefficient (Wildman–Crippen LogP) is 1.79. The van der Waals surface area contributed by atoms with E-state index in [1.54, 1.807) is 0 Å². The van der Waals surface area contributed by atoms with Crippen LogP contribution in [0.1, 0.15) is 24.8 Å². The van der Waals surface area contributed by atoms with E-state index in [0.29, 0.717) is 11.5 Å². The van der Waals surface area contributed by atoms with E-state index in [2.05, 4.69) is 29.6 Å². The van der Waals surface area contributed by atoms with E-state index in [1.165, 1.54) is 5.56 Å². The maximum absolute atomic E-state index is 11.5. The van der Waals surface area contributed by atoms with Crippen LogP contribution in [-0.2, 0) is 16.3 Å². The molecule has 0 aromatic heterocycles. The zero-order chi connectivity index (χ0) is 12.8. The van der Waals surface area contributed by atoms with Crippen LogP contribution in [0.5, 0.6) is 0 Å². The highest BCUT2D eigenvalue weighted by molar-refractivity contribution is 7.91. The topological polar surface area (TPSA) is 46.2 Å². The molecule has 1 atom stereocenters. The summed E-state index contributed by atoms with van der Waals surface area (Å²) in [6, 6.07) is 10.6. The van der Waals surface area contributed by atoms with Crippen LogP contribution in [0.15, 0.2) is 30.3 Å². The summed E-state index contributed by atoms with van der Waals surface area (Å²) in [5.74, 6) is 0.688. The van der Waals surface area contributed by atoms with E-state index < -0.39 is 9.84 Å². The molecule has 100 valence electrons. The minimum Gasteiger partial charge on any atom is -0.313 e. The van der Waals surface area contributed by atoms with Crippen LogP contribution >= 0.6 is 0 Å². The number of sulfone groups is 1. The summed E-state index contributed by atoms with van der Waals surface area (Å²) in [4.78, 5) is 0. The van der Waals surface area contributed by atoms with Gasteiger partial charge >= 0.3 is 0 Å². The number of hydrogen-bond acceptors (Lipinski definition) is 3. The zero-order valence-electron chi connectivity index (χ0n) is 10.6. The van der Waals surface area contributed by atoms with Crippen molar-refractivity contribution in [3.05, 3.63) is 35.9 Å². The quantitative estimate of drug-likeness (QED) is 0.827. The molecule has 0 saturated carbocycles. The smallest absolute Gasteiger partial charge is 0.151 e. The van der Waals surface area contributed by atoms with Gasteiger partial charge in [0.15, 0.2) is 9.84 Å². The van der Waals surface area contributed by atoms with Crippen molar-refractivity contribution >= 4 is 9.84 Å². The van der Waals surface area contributed by atoms with Gasteiger partial charge in [0.2, 0.25) is 0 Å². The molecular formula is C14H21NO2S. The molecule has 1 aromatic rings. The number of rotatable bonds is 5. The molecule has 4 heteroatoms. The Kier molecular flexibility index (Phi) is 4.78. The molecule has 0 radical (unpaired) electrons. The predicted molar refractivity (Wildman–Crippen MR) is 74.4 cm³/mol. The van der Waals surface area contributed by atoms with Crippen LogP contribution in [0.25, 0.3) is 0 Å². The number of aryl methyl sites for hydroxylation is 1. The zero-order valence-corrected chi connectivity index (χ0v) is 11.5. The van der Waals surface area contributed by atoms with E-state index in [4.69, 9.17) is 0 Å². The SMILES string of the molecule is O=S1(=O)CCCC(NCCCc2ccccc2)C1. The second-order valence-electron chi connectivity index (χ2n) is 5.00. The highest BCUT2D eigenvalue weighted by atomic mass is 32.2. The fraction of sp³-hybridized carbons (Fsp3) is 0.571. The summed E-state index contributed by atoms with van der Waals surface area (Å²) in [5.41, 5.74) is 1.34. The second kappa shape index (κ2) is 6.34. The molecule has 1 saturated heterocycles. The summed E-state index contributed by atoms with van der Waals surface area (Å²) in [6.07, 6.45) is 3.90. The van der Waals surface area contributed by atoms with E-state index in [0.717, 1.165) is 32.2 Å². The average molecular weight is 267 g/mol. The first kappa shape index (κ1) is 13.6. The van der Waals surface area contributed by atoms with Gasteiger partial charge in [-0.3, -0.25) is 0 Å².